The molecule has 3 N–H and O–H groups in total. The van der Waals surface area contributed by atoms with Crippen molar-refractivity contribution in [3.8, 4) is 0 Å². The van der Waals surface area contributed by atoms with Crippen LogP contribution in [0.4, 0.5) is 5.69 Å². The second-order valence-electron chi connectivity index (χ2n) is 4.63. The maximum Gasteiger partial charge on any atom is 0.221 e. The third kappa shape index (κ3) is 3.35. The number of benzene rings is 1. The van der Waals surface area contributed by atoms with E-state index in [9.17, 15) is 4.79 Å². The number of anilines is 1. The Bertz CT molecular complexity index is 577. The lowest BCUT2D eigenvalue weighted by Gasteiger charge is -2.17. The molecule has 0 fully saturated rings. The summed E-state index contributed by atoms with van der Waals surface area (Å²) in [4.78, 5) is 12.4. The van der Waals surface area contributed by atoms with Gasteiger partial charge in [0.25, 0.3) is 0 Å². The van der Waals surface area contributed by atoms with E-state index in [0.717, 1.165) is 11.3 Å². The molecule has 1 atom stereocenters. The molecule has 0 saturated carbocycles. The average molecular weight is 274 g/mol. The molecule has 0 radical (unpaired) electrons. The lowest BCUT2D eigenvalue weighted by Crippen LogP contribution is -2.16. The molecule has 1 amide bonds. The molecule has 0 spiro atoms. The van der Waals surface area contributed by atoms with Gasteiger partial charge < -0.3 is 11.1 Å². The fourth-order valence-electron chi connectivity index (χ4n) is 2.13. The summed E-state index contributed by atoms with van der Waals surface area (Å²) in [7, 11) is 0. The number of carbonyl (C=O) groups is 1. The maximum absolute atomic E-state index is 11.1. The number of amides is 1. The summed E-state index contributed by atoms with van der Waals surface area (Å²) in [5, 5.41) is 5.56. The van der Waals surface area contributed by atoms with Gasteiger partial charge in [0.1, 0.15) is 0 Å². The zero-order valence-corrected chi connectivity index (χ0v) is 12.0. The quantitative estimate of drug-likeness (QED) is 0.879. The van der Waals surface area contributed by atoms with Crippen LogP contribution in [0.25, 0.3) is 0 Å². The number of primary amides is 1. The molecule has 0 aliphatic heterocycles. The van der Waals surface area contributed by atoms with Crippen LogP contribution in [0.15, 0.2) is 35.7 Å². The fourth-order valence-corrected chi connectivity index (χ4v) is 3.07. The van der Waals surface area contributed by atoms with Gasteiger partial charge in [-0.2, -0.15) is 0 Å². The molecule has 0 aliphatic rings. The van der Waals surface area contributed by atoms with E-state index in [2.05, 4.69) is 30.6 Å². The molecule has 2 aromatic rings. The van der Waals surface area contributed by atoms with E-state index in [1.54, 1.807) is 11.3 Å². The molecule has 1 heterocycles. The molecule has 1 aromatic heterocycles. The highest BCUT2D eigenvalue weighted by Gasteiger charge is 2.12. The number of rotatable bonds is 5. The Kier molecular flexibility index (Phi) is 4.22. The van der Waals surface area contributed by atoms with E-state index in [-0.39, 0.29) is 18.4 Å². The summed E-state index contributed by atoms with van der Waals surface area (Å²) in [6.45, 7) is 4.24. The van der Waals surface area contributed by atoms with Crippen molar-refractivity contribution >= 4 is 22.9 Å². The first-order valence-corrected chi connectivity index (χ1v) is 7.12. The molecule has 0 aliphatic carbocycles. The Morgan fingerprint density at radius 3 is 2.74 bits per heavy atom. The summed E-state index contributed by atoms with van der Waals surface area (Å²) in [5.41, 5.74) is 8.48. The maximum atomic E-state index is 11.1. The van der Waals surface area contributed by atoms with Crippen LogP contribution < -0.4 is 11.1 Å². The lowest BCUT2D eigenvalue weighted by atomic mass is 10.1. The second-order valence-corrected chi connectivity index (χ2v) is 5.58. The van der Waals surface area contributed by atoms with Gasteiger partial charge in [-0.1, -0.05) is 18.2 Å². The Balaban J connectivity index is 2.19. The van der Waals surface area contributed by atoms with Crippen LogP contribution in [0, 0.1) is 6.92 Å². The summed E-state index contributed by atoms with van der Waals surface area (Å²) in [6.07, 6.45) is 0.263. The van der Waals surface area contributed by atoms with Gasteiger partial charge in [-0.05, 0) is 42.5 Å². The number of thiophene rings is 1. The molecule has 3 nitrogen and oxygen atoms in total. The van der Waals surface area contributed by atoms with Crippen molar-refractivity contribution in [3.63, 3.8) is 0 Å². The van der Waals surface area contributed by atoms with Gasteiger partial charge in [-0.3, -0.25) is 4.79 Å². The van der Waals surface area contributed by atoms with Gasteiger partial charge in [0.2, 0.25) is 5.91 Å². The number of carbonyl (C=O) groups excluding carboxylic acids is 1. The number of nitrogens with two attached hydrogens (primary N) is 1. The van der Waals surface area contributed by atoms with Crippen molar-refractivity contribution in [2.45, 2.75) is 26.3 Å². The van der Waals surface area contributed by atoms with Crippen molar-refractivity contribution in [2.75, 3.05) is 5.32 Å². The van der Waals surface area contributed by atoms with E-state index in [4.69, 9.17) is 5.73 Å². The minimum Gasteiger partial charge on any atom is -0.377 e. The average Bonchev–Trinajstić information content (AvgIpc) is 2.77. The van der Waals surface area contributed by atoms with Crippen molar-refractivity contribution < 1.29 is 4.79 Å². The number of hydrogen-bond acceptors (Lipinski definition) is 3. The van der Waals surface area contributed by atoms with Crippen molar-refractivity contribution in [3.05, 3.63) is 51.7 Å². The molecule has 2 rings (SSSR count). The van der Waals surface area contributed by atoms with E-state index >= 15 is 0 Å². The first-order valence-electron chi connectivity index (χ1n) is 6.24. The Labute approximate surface area is 117 Å². The zero-order chi connectivity index (χ0) is 13.8. The molecule has 19 heavy (non-hydrogen) atoms. The third-order valence-corrected chi connectivity index (χ3v) is 4.25. The van der Waals surface area contributed by atoms with Crippen LogP contribution in [0.1, 0.15) is 29.0 Å². The predicted molar refractivity (Wildman–Crippen MR) is 80.4 cm³/mol. The van der Waals surface area contributed by atoms with Gasteiger partial charge in [0.05, 0.1) is 12.5 Å². The smallest absolute Gasteiger partial charge is 0.221 e. The number of hydrogen-bond donors (Lipinski definition) is 2. The van der Waals surface area contributed by atoms with Crippen LogP contribution in [-0.4, -0.2) is 5.91 Å². The lowest BCUT2D eigenvalue weighted by molar-refractivity contribution is -0.117. The molecular formula is C15H18N2OS. The number of nitrogens with one attached hydrogen (secondary N) is 1. The summed E-state index contributed by atoms with van der Waals surface area (Å²) in [5.74, 6) is -0.311. The summed E-state index contributed by atoms with van der Waals surface area (Å²) < 4.78 is 0. The predicted octanol–water partition coefficient (Wildman–Crippen LogP) is 3.26. The summed E-state index contributed by atoms with van der Waals surface area (Å²) >= 11 is 1.74. The van der Waals surface area contributed by atoms with Gasteiger partial charge >= 0.3 is 0 Å². The monoisotopic (exact) mass is 274 g/mol. The van der Waals surface area contributed by atoms with Gasteiger partial charge in [-0.15, -0.1) is 11.3 Å². The normalized spacial score (nSPS) is 12.1. The SMILES string of the molecule is Cc1ccsc1C(C)Nc1ccccc1CC(N)=O. The Morgan fingerprint density at radius 1 is 1.37 bits per heavy atom. The van der Waals surface area contributed by atoms with Crippen LogP contribution in [-0.2, 0) is 11.2 Å². The van der Waals surface area contributed by atoms with E-state index in [1.807, 2.05) is 24.3 Å². The molecule has 4 heteroatoms. The minimum absolute atomic E-state index is 0.217. The number of aryl methyl sites for hydroxylation is 1. The second kappa shape index (κ2) is 5.89. The fraction of sp³-hybridized carbons (Fsp3) is 0.267. The molecule has 0 bridgehead atoms. The molecule has 100 valence electrons. The Morgan fingerprint density at radius 2 is 2.11 bits per heavy atom. The van der Waals surface area contributed by atoms with Crippen LogP contribution >= 0.6 is 11.3 Å². The first-order chi connectivity index (χ1) is 9.08. The van der Waals surface area contributed by atoms with E-state index in [1.165, 1.54) is 10.4 Å². The Hall–Kier alpha value is -1.81. The molecular weight excluding hydrogens is 256 g/mol. The van der Waals surface area contributed by atoms with Gasteiger partial charge in [0.15, 0.2) is 0 Å². The highest BCUT2D eigenvalue weighted by atomic mass is 32.1. The van der Waals surface area contributed by atoms with Gasteiger partial charge in [0, 0.05) is 10.6 Å². The summed E-state index contributed by atoms with van der Waals surface area (Å²) in [6, 6.07) is 10.1. The van der Waals surface area contributed by atoms with Crippen LogP contribution in [0.5, 0.6) is 0 Å². The van der Waals surface area contributed by atoms with Crippen LogP contribution in [0.2, 0.25) is 0 Å². The highest BCUT2D eigenvalue weighted by Crippen LogP contribution is 2.28. The van der Waals surface area contributed by atoms with E-state index < -0.39 is 0 Å². The van der Waals surface area contributed by atoms with Crippen molar-refractivity contribution in [2.24, 2.45) is 5.73 Å². The first kappa shape index (κ1) is 13.6. The topological polar surface area (TPSA) is 55.1 Å². The largest absolute Gasteiger partial charge is 0.377 e. The van der Waals surface area contributed by atoms with Gasteiger partial charge in [-0.25, -0.2) is 0 Å². The standard InChI is InChI=1S/C15H18N2OS/c1-10-7-8-19-15(10)11(2)17-13-6-4-3-5-12(13)9-14(16)18/h3-8,11,17H,9H2,1-2H3,(H2,16,18). The van der Waals surface area contributed by atoms with Crippen LogP contribution in [0.3, 0.4) is 0 Å². The zero-order valence-electron chi connectivity index (χ0n) is 11.1. The van der Waals surface area contributed by atoms with Crippen molar-refractivity contribution in [1.29, 1.82) is 0 Å². The van der Waals surface area contributed by atoms with E-state index in [0.29, 0.717) is 0 Å². The highest BCUT2D eigenvalue weighted by molar-refractivity contribution is 7.10. The molecule has 1 unspecified atom stereocenters. The molecule has 0 saturated heterocycles. The third-order valence-electron chi connectivity index (χ3n) is 3.05. The minimum atomic E-state index is -0.311. The molecule has 1 aromatic carbocycles. The number of para-hydroxylation sites is 1. The van der Waals surface area contributed by atoms with Crippen molar-refractivity contribution in [1.82, 2.24) is 0 Å².